The van der Waals surface area contributed by atoms with Gasteiger partial charge in [-0.05, 0) is 18.2 Å². The molecule has 0 N–H and O–H groups in total. The summed E-state index contributed by atoms with van der Waals surface area (Å²) in [4.78, 5) is 0. The molecule has 70 valence electrons. The van der Waals surface area contributed by atoms with E-state index in [1.54, 1.807) is 0 Å². The normalized spacial score (nSPS) is 10.4. The first-order valence-electron chi connectivity index (χ1n) is 3.63. The second-order valence-electron chi connectivity index (χ2n) is 2.59. The fourth-order valence-corrected chi connectivity index (χ4v) is 0.958. The molecule has 0 radical (unpaired) electrons. The van der Waals surface area contributed by atoms with E-state index in [1.165, 1.54) is 6.07 Å². The number of alkyl halides is 3. The maximum atomic E-state index is 12.3. The van der Waals surface area contributed by atoms with Gasteiger partial charge in [0.25, 0.3) is 0 Å². The monoisotopic (exact) mass is 194 g/mol. The first-order valence-corrected chi connectivity index (χ1v) is 3.63. The van der Waals surface area contributed by atoms with Crippen LogP contribution in [-0.4, -0.2) is 0 Å². The molecule has 0 unspecified atom stereocenters. The van der Waals surface area contributed by atoms with Crippen LogP contribution < -0.4 is 0 Å². The standard InChI is InChI=1S/C11H5F3/c1-3-8-5-9(4-2)7-10(6-8)11(12,13)14/h1-2,5-7H. The van der Waals surface area contributed by atoms with Crippen LogP contribution in [-0.2, 0) is 6.18 Å². The van der Waals surface area contributed by atoms with Gasteiger partial charge in [0.05, 0.1) is 5.56 Å². The molecule has 0 bridgehead atoms. The van der Waals surface area contributed by atoms with Gasteiger partial charge in [-0.25, -0.2) is 0 Å². The van der Waals surface area contributed by atoms with Crippen molar-refractivity contribution < 1.29 is 13.2 Å². The molecule has 0 fully saturated rings. The van der Waals surface area contributed by atoms with Crippen LogP contribution in [0, 0.1) is 24.7 Å². The van der Waals surface area contributed by atoms with Crippen molar-refractivity contribution in [3.63, 3.8) is 0 Å². The van der Waals surface area contributed by atoms with E-state index in [2.05, 4.69) is 11.8 Å². The third-order valence-corrected chi connectivity index (χ3v) is 1.59. The highest BCUT2D eigenvalue weighted by molar-refractivity contribution is 5.45. The summed E-state index contributed by atoms with van der Waals surface area (Å²) in [6, 6.07) is 3.14. The third kappa shape index (κ3) is 2.08. The molecule has 0 aliphatic carbocycles. The zero-order chi connectivity index (χ0) is 10.8. The van der Waals surface area contributed by atoms with Crippen LogP contribution in [0.4, 0.5) is 13.2 Å². The van der Waals surface area contributed by atoms with Crippen LogP contribution >= 0.6 is 0 Å². The minimum Gasteiger partial charge on any atom is -0.166 e. The predicted molar refractivity (Wildman–Crippen MR) is 47.3 cm³/mol. The number of terminal acetylenes is 2. The van der Waals surface area contributed by atoms with Crippen LogP contribution in [0.25, 0.3) is 0 Å². The molecule has 0 amide bonds. The zero-order valence-corrected chi connectivity index (χ0v) is 7.02. The Labute approximate surface area is 79.8 Å². The van der Waals surface area contributed by atoms with Crippen LogP contribution in [0.3, 0.4) is 0 Å². The van der Waals surface area contributed by atoms with Crippen molar-refractivity contribution >= 4 is 0 Å². The fraction of sp³-hybridized carbons (Fsp3) is 0.0909. The second kappa shape index (κ2) is 3.47. The highest BCUT2D eigenvalue weighted by atomic mass is 19.4. The van der Waals surface area contributed by atoms with E-state index in [9.17, 15) is 13.2 Å². The molecule has 0 heterocycles. The Morgan fingerprint density at radius 2 is 1.36 bits per heavy atom. The van der Waals surface area contributed by atoms with E-state index >= 15 is 0 Å². The van der Waals surface area contributed by atoms with Crippen LogP contribution in [0.1, 0.15) is 16.7 Å². The van der Waals surface area contributed by atoms with E-state index in [1.807, 2.05) is 0 Å². The Kier molecular flexibility index (Phi) is 2.53. The fourth-order valence-electron chi connectivity index (χ4n) is 0.958. The lowest BCUT2D eigenvalue weighted by Gasteiger charge is -2.07. The van der Waals surface area contributed by atoms with E-state index in [-0.39, 0.29) is 11.1 Å². The van der Waals surface area contributed by atoms with E-state index in [0.717, 1.165) is 12.1 Å². The molecular weight excluding hydrogens is 189 g/mol. The lowest BCUT2D eigenvalue weighted by Crippen LogP contribution is -2.05. The van der Waals surface area contributed by atoms with Crippen LogP contribution in [0.15, 0.2) is 18.2 Å². The second-order valence-corrected chi connectivity index (χ2v) is 2.59. The largest absolute Gasteiger partial charge is 0.416 e. The molecule has 1 aromatic carbocycles. The predicted octanol–water partition coefficient (Wildman–Crippen LogP) is 2.67. The van der Waals surface area contributed by atoms with Gasteiger partial charge in [0.15, 0.2) is 0 Å². The maximum absolute atomic E-state index is 12.3. The van der Waals surface area contributed by atoms with Crippen molar-refractivity contribution in [3.8, 4) is 24.7 Å². The average Bonchev–Trinajstić information content (AvgIpc) is 2.15. The summed E-state index contributed by atoms with van der Waals surface area (Å²) in [5.41, 5.74) is -0.554. The summed E-state index contributed by atoms with van der Waals surface area (Å²) in [5.74, 6) is 4.24. The molecule has 0 atom stereocenters. The summed E-state index contributed by atoms with van der Waals surface area (Å²) in [6.07, 6.45) is 5.58. The minimum absolute atomic E-state index is 0.132. The van der Waals surface area contributed by atoms with E-state index in [4.69, 9.17) is 12.8 Å². The molecule has 0 saturated carbocycles. The van der Waals surface area contributed by atoms with Gasteiger partial charge < -0.3 is 0 Å². The van der Waals surface area contributed by atoms with Gasteiger partial charge in [-0.3, -0.25) is 0 Å². The summed E-state index contributed by atoms with van der Waals surface area (Å²) >= 11 is 0. The summed E-state index contributed by atoms with van der Waals surface area (Å²) in [5, 5.41) is 0. The topological polar surface area (TPSA) is 0 Å². The minimum atomic E-state index is -4.42. The Morgan fingerprint density at radius 1 is 0.929 bits per heavy atom. The molecule has 0 saturated heterocycles. The lowest BCUT2D eigenvalue weighted by atomic mass is 10.1. The van der Waals surface area contributed by atoms with E-state index in [0.29, 0.717) is 0 Å². The Hall–Kier alpha value is -1.87. The Morgan fingerprint density at radius 3 is 1.64 bits per heavy atom. The Bertz CT molecular complexity index is 395. The highest BCUT2D eigenvalue weighted by Gasteiger charge is 2.30. The SMILES string of the molecule is C#Cc1cc(C#C)cc(C(F)(F)F)c1. The van der Waals surface area contributed by atoms with E-state index < -0.39 is 11.7 Å². The molecule has 1 aromatic rings. The number of hydrogen-bond donors (Lipinski definition) is 0. The summed E-state index contributed by atoms with van der Waals surface area (Å²) in [6.45, 7) is 0. The van der Waals surface area contributed by atoms with Crippen molar-refractivity contribution in [2.45, 2.75) is 6.18 Å². The number of rotatable bonds is 0. The number of benzene rings is 1. The smallest absolute Gasteiger partial charge is 0.166 e. The third-order valence-electron chi connectivity index (χ3n) is 1.59. The lowest BCUT2D eigenvalue weighted by molar-refractivity contribution is -0.137. The molecule has 0 spiro atoms. The first kappa shape index (κ1) is 10.2. The van der Waals surface area contributed by atoms with Gasteiger partial charge in [-0.15, -0.1) is 12.8 Å². The van der Waals surface area contributed by atoms with Gasteiger partial charge in [0.1, 0.15) is 0 Å². The molecule has 0 nitrogen and oxygen atoms in total. The highest BCUT2D eigenvalue weighted by Crippen LogP contribution is 2.30. The summed E-state index contributed by atoms with van der Waals surface area (Å²) in [7, 11) is 0. The maximum Gasteiger partial charge on any atom is 0.416 e. The van der Waals surface area contributed by atoms with Crippen molar-refractivity contribution in [3.05, 3.63) is 34.9 Å². The van der Waals surface area contributed by atoms with Gasteiger partial charge in [-0.2, -0.15) is 13.2 Å². The number of halogens is 3. The molecule has 0 aliphatic rings. The molecule has 0 aromatic heterocycles. The molecule has 0 aliphatic heterocycles. The van der Waals surface area contributed by atoms with Crippen molar-refractivity contribution in [1.29, 1.82) is 0 Å². The van der Waals surface area contributed by atoms with Crippen molar-refractivity contribution in [2.75, 3.05) is 0 Å². The first-order chi connectivity index (χ1) is 6.47. The van der Waals surface area contributed by atoms with Gasteiger partial charge in [-0.1, -0.05) is 11.8 Å². The van der Waals surface area contributed by atoms with Gasteiger partial charge in [0, 0.05) is 11.1 Å². The van der Waals surface area contributed by atoms with Gasteiger partial charge >= 0.3 is 6.18 Å². The molecule has 1 rings (SSSR count). The Balaban J connectivity index is 3.36. The van der Waals surface area contributed by atoms with Crippen molar-refractivity contribution in [1.82, 2.24) is 0 Å². The van der Waals surface area contributed by atoms with Crippen molar-refractivity contribution in [2.24, 2.45) is 0 Å². The van der Waals surface area contributed by atoms with Crippen LogP contribution in [0.2, 0.25) is 0 Å². The molecule has 14 heavy (non-hydrogen) atoms. The summed E-state index contributed by atoms with van der Waals surface area (Å²) < 4.78 is 36.9. The molecule has 3 heteroatoms. The van der Waals surface area contributed by atoms with Crippen LogP contribution in [0.5, 0.6) is 0 Å². The molecular formula is C11H5F3. The average molecular weight is 194 g/mol. The van der Waals surface area contributed by atoms with Gasteiger partial charge in [0.2, 0.25) is 0 Å². The quantitative estimate of drug-likeness (QED) is 0.557. The zero-order valence-electron chi connectivity index (χ0n) is 7.02. The number of hydrogen-bond acceptors (Lipinski definition) is 0.